The fraction of sp³-hybridized carbons (Fsp3) is 0.450. The summed E-state index contributed by atoms with van der Waals surface area (Å²) in [7, 11) is 6.40. The number of rotatable bonds is 5. The van der Waals surface area contributed by atoms with Crippen molar-refractivity contribution >= 4 is 22.4 Å². The number of aryl methyl sites for hydroxylation is 1. The minimum Gasteiger partial charge on any atom is -0.330 e. The van der Waals surface area contributed by atoms with Crippen LogP contribution in [0, 0.1) is 0 Å². The summed E-state index contributed by atoms with van der Waals surface area (Å²) in [6.07, 6.45) is 2.46. The summed E-state index contributed by atoms with van der Waals surface area (Å²) in [6, 6.07) is 11.2. The fourth-order valence-electron chi connectivity index (χ4n) is 3.93. The van der Waals surface area contributed by atoms with Crippen LogP contribution >= 0.6 is 11.3 Å². The molecule has 0 radical (unpaired) electrons. The zero-order chi connectivity index (χ0) is 17.4. The number of hydrogen-bond acceptors (Lipinski definition) is 4. The van der Waals surface area contributed by atoms with Crippen LogP contribution in [-0.4, -0.2) is 40.0 Å². The van der Waals surface area contributed by atoms with E-state index in [0.29, 0.717) is 6.04 Å². The Labute approximate surface area is 153 Å². The SMILES string of the molecule is CN(C)Cc1csc(CN2CCC[C@@H]2c2nc3ccccc3n2C)c1. The van der Waals surface area contributed by atoms with Gasteiger partial charge in [-0.05, 0) is 62.6 Å². The van der Waals surface area contributed by atoms with Gasteiger partial charge in [-0.25, -0.2) is 4.98 Å². The molecule has 0 saturated carbocycles. The topological polar surface area (TPSA) is 24.3 Å². The molecule has 0 bridgehead atoms. The highest BCUT2D eigenvalue weighted by molar-refractivity contribution is 7.10. The van der Waals surface area contributed by atoms with E-state index in [2.05, 4.69) is 71.2 Å². The van der Waals surface area contributed by atoms with E-state index < -0.39 is 0 Å². The predicted octanol–water partition coefficient (Wildman–Crippen LogP) is 4.03. The van der Waals surface area contributed by atoms with Crippen LogP contribution in [0.2, 0.25) is 0 Å². The maximum absolute atomic E-state index is 4.95. The molecule has 3 heterocycles. The molecule has 1 aliphatic rings. The second-order valence-corrected chi connectivity index (χ2v) is 8.30. The van der Waals surface area contributed by atoms with Crippen LogP contribution < -0.4 is 0 Å². The largest absolute Gasteiger partial charge is 0.330 e. The third kappa shape index (κ3) is 3.36. The van der Waals surface area contributed by atoms with E-state index in [0.717, 1.165) is 25.2 Å². The van der Waals surface area contributed by atoms with Crippen molar-refractivity contribution in [3.63, 3.8) is 0 Å². The molecule has 1 atom stereocenters. The van der Waals surface area contributed by atoms with Gasteiger partial charge in [0.25, 0.3) is 0 Å². The van der Waals surface area contributed by atoms with E-state index in [9.17, 15) is 0 Å². The van der Waals surface area contributed by atoms with Gasteiger partial charge >= 0.3 is 0 Å². The van der Waals surface area contributed by atoms with Gasteiger partial charge in [-0.15, -0.1) is 11.3 Å². The Morgan fingerprint density at radius 2 is 2.12 bits per heavy atom. The van der Waals surface area contributed by atoms with Crippen LogP contribution in [0.4, 0.5) is 0 Å². The number of benzene rings is 1. The number of fused-ring (bicyclic) bond motifs is 1. The van der Waals surface area contributed by atoms with Crippen molar-refractivity contribution in [2.24, 2.45) is 7.05 Å². The minimum atomic E-state index is 0.428. The van der Waals surface area contributed by atoms with Gasteiger partial charge in [-0.1, -0.05) is 12.1 Å². The fourth-order valence-corrected chi connectivity index (χ4v) is 4.83. The van der Waals surface area contributed by atoms with E-state index in [4.69, 9.17) is 4.98 Å². The molecule has 2 aromatic heterocycles. The van der Waals surface area contributed by atoms with Crippen molar-refractivity contribution in [2.45, 2.75) is 32.0 Å². The van der Waals surface area contributed by atoms with Gasteiger partial charge in [0.2, 0.25) is 0 Å². The number of para-hydroxylation sites is 2. The Morgan fingerprint density at radius 1 is 1.28 bits per heavy atom. The van der Waals surface area contributed by atoms with Gasteiger partial charge in [0.05, 0.1) is 17.1 Å². The van der Waals surface area contributed by atoms with Crippen molar-refractivity contribution in [1.29, 1.82) is 0 Å². The molecule has 5 heteroatoms. The van der Waals surface area contributed by atoms with Crippen LogP contribution in [0.5, 0.6) is 0 Å². The lowest BCUT2D eigenvalue weighted by molar-refractivity contribution is 0.239. The molecule has 132 valence electrons. The molecule has 0 unspecified atom stereocenters. The first-order chi connectivity index (χ1) is 12.1. The van der Waals surface area contributed by atoms with Gasteiger partial charge in [0.15, 0.2) is 0 Å². The van der Waals surface area contributed by atoms with E-state index in [-0.39, 0.29) is 0 Å². The molecule has 4 nitrogen and oxygen atoms in total. The molecule has 3 aromatic rings. The summed E-state index contributed by atoms with van der Waals surface area (Å²) in [6.45, 7) is 3.21. The summed E-state index contributed by atoms with van der Waals surface area (Å²) in [5, 5.41) is 2.30. The molecule has 4 rings (SSSR count). The highest BCUT2D eigenvalue weighted by atomic mass is 32.1. The van der Waals surface area contributed by atoms with Gasteiger partial charge in [-0.2, -0.15) is 0 Å². The normalized spacial score (nSPS) is 18.6. The molecule has 1 fully saturated rings. The number of thiophene rings is 1. The van der Waals surface area contributed by atoms with Gasteiger partial charge in [0, 0.05) is 25.0 Å². The molecule has 0 N–H and O–H groups in total. The van der Waals surface area contributed by atoms with Crippen molar-refractivity contribution in [1.82, 2.24) is 19.4 Å². The average Bonchev–Trinajstić information content (AvgIpc) is 3.28. The highest BCUT2D eigenvalue weighted by Gasteiger charge is 2.30. The first-order valence-electron chi connectivity index (χ1n) is 8.98. The third-order valence-corrected chi connectivity index (χ3v) is 6.02. The van der Waals surface area contributed by atoms with E-state index in [1.54, 1.807) is 0 Å². The lowest BCUT2D eigenvalue weighted by atomic mass is 10.2. The molecule has 1 aliphatic heterocycles. The monoisotopic (exact) mass is 354 g/mol. The number of nitrogens with zero attached hydrogens (tertiary/aromatic N) is 4. The zero-order valence-corrected chi connectivity index (χ0v) is 16.1. The molecular formula is C20H26N4S. The summed E-state index contributed by atoms with van der Waals surface area (Å²) in [4.78, 5) is 11.2. The Bertz CT molecular complexity index is 864. The van der Waals surface area contributed by atoms with Crippen LogP contribution in [0.25, 0.3) is 11.0 Å². The summed E-state index contributed by atoms with van der Waals surface area (Å²) >= 11 is 1.89. The summed E-state index contributed by atoms with van der Waals surface area (Å²) in [5.41, 5.74) is 3.76. The molecule has 0 aliphatic carbocycles. The minimum absolute atomic E-state index is 0.428. The summed E-state index contributed by atoms with van der Waals surface area (Å²) in [5.74, 6) is 1.21. The second kappa shape index (κ2) is 6.90. The summed E-state index contributed by atoms with van der Waals surface area (Å²) < 4.78 is 2.28. The maximum Gasteiger partial charge on any atom is 0.127 e. The zero-order valence-electron chi connectivity index (χ0n) is 15.3. The van der Waals surface area contributed by atoms with Crippen molar-refractivity contribution in [3.05, 3.63) is 52.0 Å². The maximum atomic E-state index is 4.95. The van der Waals surface area contributed by atoms with Crippen molar-refractivity contribution in [2.75, 3.05) is 20.6 Å². The number of aromatic nitrogens is 2. The first-order valence-corrected chi connectivity index (χ1v) is 9.86. The van der Waals surface area contributed by atoms with Crippen LogP contribution in [-0.2, 0) is 20.1 Å². The molecule has 0 amide bonds. The van der Waals surface area contributed by atoms with E-state index >= 15 is 0 Å². The van der Waals surface area contributed by atoms with Crippen molar-refractivity contribution < 1.29 is 0 Å². The van der Waals surface area contributed by atoms with Gasteiger partial charge in [-0.3, -0.25) is 4.90 Å². The molecule has 25 heavy (non-hydrogen) atoms. The predicted molar refractivity (Wildman–Crippen MR) is 105 cm³/mol. The lowest BCUT2D eigenvalue weighted by Gasteiger charge is -2.23. The van der Waals surface area contributed by atoms with Crippen LogP contribution in [0.1, 0.15) is 35.1 Å². The second-order valence-electron chi connectivity index (χ2n) is 7.31. The standard InChI is InChI=1S/C20H26N4S/c1-22(2)12-15-11-16(25-14-15)13-24-10-6-9-19(24)20-21-17-7-4-5-8-18(17)23(20)3/h4-5,7-8,11,14,19H,6,9-10,12-13H2,1-3H3/t19-/m1/s1. The Morgan fingerprint density at radius 3 is 2.92 bits per heavy atom. The van der Waals surface area contributed by atoms with Crippen LogP contribution in [0.3, 0.4) is 0 Å². The molecule has 1 aromatic carbocycles. The molecule has 0 spiro atoms. The number of imidazole rings is 1. The highest BCUT2D eigenvalue weighted by Crippen LogP contribution is 2.34. The number of likely N-dealkylation sites (tertiary alicyclic amines) is 1. The Kier molecular flexibility index (Phi) is 4.63. The molecule has 1 saturated heterocycles. The van der Waals surface area contributed by atoms with Crippen LogP contribution in [0.15, 0.2) is 35.7 Å². The van der Waals surface area contributed by atoms with Gasteiger partial charge < -0.3 is 9.47 Å². The smallest absolute Gasteiger partial charge is 0.127 e. The Balaban J connectivity index is 1.55. The third-order valence-electron chi connectivity index (χ3n) is 5.05. The van der Waals surface area contributed by atoms with Gasteiger partial charge in [0.1, 0.15) is 5.82 Å². The number of hydrogen-bond donors (Lipinski definition) is 0. The average molecular weight is 355 g/mol. The molecular weight excluding hydrogens is 328 g/mol. The lowest BCUT2D eigenvalue weighted by Crippen LogP contribution is -2.24. The first kappa shape index (κ1) is 16.8. The quantitative estimate of drug-likeness (QED) is 0.691. The van der Waals surface area contributed by atoms with E-state index in [1.165, 1.54) is 34.6 Å². The Hall–Kier alpha value is -1.69. The van der Waals surface area contributed by atoms with E-state index in [1.807, 2.05) is 11.3 Å². The van der Waals surface area contributed by atoms with Crippen molar-refractivity contribution in [3.8, 4) is 0 Å².